The number of unbranched alkanes of at least 4 members (excludes halogenated alkanes) is 27. The van der Waals surface area contributed by atoms with Crippen LogP contribution in [0.3, 0.4) is 0 Å². The summed E-state index contributed by atoms with van der Waals surface area (Å²) in [7, 11) is 0. The van der Waals surface area contributed by atoms with Crippen molar-refractivity contribution in [1.29, 1.82) is 0 Å². The molecule has 0 aromatic rings. The molecule has 0 N–H and O–H groups in total. The van der Waals surface area contributed by atoms with E-state index in [9.17, 15) is 14.4 Å². The van der Waals surface area contributed by atoms with Gasteiger partial charge < -0.3 is 14.2 Å². The summed E-state index contributed by atoms with van der Waals surface area (Å²) in [6.45, 7) is 6.56. The van der Waals surface area contributed by atoms with E-state index in [4.69, 9.17) is 14.2 Å². The van der Waals surface area contributed by atoms with Crippen LogP contribution in [0.2, 0.25) is 0 Å². The Morgan fingerprint density at radius 2 is 0.630 bits per heavy atom. The molecule has 0 fully saturated rings. The maximum absolute atomic E-state index is 12.7. The fourth-order valence-electron chi connectivity index (χ4n) is 6.59. The van der Waals surface area contributed by atoms with Crippen LogP contribution < -0.4 is 0 Å². The van der Waals surface area contributed by atoms with E-state index in [2.05, 4.69) is 45.1 Å². The molecule has 0 aliphatic carbocycles. The Hall–Kier alpha value is -2.11. The number of rotatable bonds is 42. The molecule has 0 aromatic carbocycles. The van der Waals surface area contributed by atoms with Gasteiger partial charge in [-0.05, 0) is 64.2 Å². The third-order valence-electron chi connectivity index (χ3n) is 10.2. The summed E-state index contributed by atoms with van der Waals surface area (Å²) < 4.78 is 16.7. The van der Waals surface area contributed by atoms with Gasteiger partial charge in [-0.3, -0.25) is 14.4 Å². The van der Waals surface area contributed by atoms with Crippen LogP contribution in [0, 0.1) is 0 Å². The topological polar surface area (TPSA) is 78.9 Å². The van der Waals surface area contributed by atoms with Crippen LogP contribution in [0.1, 0.15) is 245 Å². The van der Waals surface area contributed by atoms with Gasteiger partial charge in [0.1, 0.15) is 13.2 Å². The molecule has 0 bridgehead atoms. The van der Waals surface area contributed by atoms with Gasteiger partial charge >= 0.3 is 17.9 Å². The minimum Gasteiger partial charge on any atom is -0.462 e. The molecule has 0 aliphatic heterocycles. The number of hydrogen-bond acceptors (Lipinski definition) is 6. The smallest absolute Gasteiger partial charge is 0.306 e. The highest BCUT2D eigenvalue weighted by atomic mass is 16.6. The highest BCUT2D eigenvalue weighted by Gasteiger charge is 2.19. The van der Waals surface area contributed by atoms with Crippen LogP contribution in [0.5, 0.6) is 0 Å². The van der Waals surface area contributed by atoms with E-state index in [1.807, 2.05) is 0 Å². The third kappa shape index (κ3) is 41.1. The van der Waals surface area contributed by atoms with Crippen molar-refractivity contribution in [3.63, 3.8) is 0 Å². The number of ether oxygens (including phenoxy) is 3. The maximum atomic E-state index is 12.7. The van der Waals surface area contributed by atoms with Gasteiger partial charge in [0.25, 0.3) is 0 Å². The fourth-order valence-corrected chi connectivity index (χ4v) is 6.59. The molecule has 0 spiro atoms. The quantitative estimate of drug-likeness (QED) is 0.0267. The largest absolute Gasteiger partial charge is 0.462 e. The number of hydrogen-bond donors (Lipinski definition) is 0. The Bertz CT molecular complexity index is 880. The van der Waals surface area contributed by atoms with Gasteiger partial charge in [0.05, 0.1) is 0 Å². The SMILES string of the molecule is CCCC/C=C\CCCCCCC(=O)OC(COC(=O)CCCCCCC/C=C\CCCCCCCCC)COC(=O)CCCCCCCCCCCC. The lowest BCUT2D eigenvalue weighted by Crippen LogP contribution is -2.30. The number of esters is 3. The molecule has 0 aromatic heterocycles. The van der Waals surface area contributed by atoms with E-state index in [1.165, 1.54) is 122 Å². The first-order valence-electron chi connectivity index (χ1n) is 23.3. The minimum absolute atomic E-state index is 0.0759. The molecule has 1 unspecified atom stereocenters. The molecule has 54 heavy (non-hydrogen) atoms. The molecule has 316 valence electrons. The Morgan fingerprint density at radius 1 is 0.352 bits per heavy atom. The maximum Gasteiger partial charge on any atom is 0.306 e. The lowest BCUT2D eigenvalue weighted by molar-refractivity contribution is -0.167. The van der Waals surface area contributed by atoms with Crippen molar-refractivity contribution in [2.45, 2.75) is 252 Å². The predicted octanol–water partition coefficient (Wildman–Crippen LogP) is 14.8. The molecule has 0 rings (SSSR count). The number of carbonyl (C=O) groups excluding carboxylic acids is 3. The van der Waals surface area contributed by atoms with Crippen LogP contribution in [0.15, 0.2) is 24.3 Å². The molecule has 0 saturated heterocycles. The van der Waals surface area contributed by atoms with Crippen LogP contribution >= 0.6 is 0 Å². The zero-order valence-electron chi connectivity index (χ0n) is 36.0. The molecule has 6 heteroatoms. The average Bonchev–Trinajstić information content (AvgIpc) is 3.17. The van der Waals surface area contributed by atoms with Crippen LogP contribution in [-0.4, -0.2) is 37.2 Å². The highest BCUT2D eigenvalue weighted by molar-refractivity contribution is 5.71. The van der Waals surface area contributed by atoms with Crippen molar-refractivity contribution in [3.8, 4) is 0 Å². The summed E-state index contributed by atoms with van der Waals surface area (Å²) in [5, 5.41) is 0. The summed E-state index contributed by atoms with van der Waals surface area (Å²) in [5.41, 5.74) is 0. The van der Waals surface area contributed by atoms with Crippen molar-refractivity contribution in [1.82, 2.24) is 0 Å². The normalized spacial score (nSPS) is 12.1. The third-order valence-corrected chi connectivity index (χ3v) is 10.2. The highest BCUT2D eigenvalue weighted by Crippen LogP contribution is 2.14. The van der Waals surface area contributed by atoms with Crippen molar-refractivity contribution < 1.29 is 28.6 Å². The number of allylic oxidation sites excluding steroid dienone is 4. The summed E-state index contributed by atoms with van der Waals surface area (Å²) in [4.78, 5) is 37.7. The molecule has 1 atom stereocenters. The Morgan fingerprint density at radius 3 is 0.981 bits per heavy atom. The Balaban J connectivity index is 4.32. The lowest BCUT2D eigenvalue weighted by atomic mass is 10.1. The first-order valence-corrected chi connectivity index (χ1v) is 23.3. The molecule has 0 heterocycles. The summed E-state index contributed by atoms with van der Waals surface area (Å²) in [6, 6.07) is 0. The van der Waals surface area contributed by atoms with Crippen LogP contribution in [-0.2, 0) is 28.6 Å². The summed E-state index contributed by atoms with van der Waals surface area (Å²) in [6.07, 6.45) is 47.3. The zero-order chi connectivity index (χ0) is 39.4. The molecule has 6 nitrogen and oxygen atoms in total. The van der Waals surface area contributed by atoms with E-state index in [0.29, 0.717) is 19.3 Å². The Labute approximate surface area is 334 Å². The van der Waals surface area contributed by atoms with E-state index in [0.717, 1.165) is 83.5 Å². The van der Waals surface area contributed by atoms with Gasteiger partial charge in [0, 0.05) is 19.3 Å². The van der Waals surface area contributed by atoms with Gasteiger partial charge in [-0.15, -0.1) is 0 Å². The van der Waals surface area contributed by atoms with Crippen LogP contribution in [0.4, 0.5) is 0 Å². The van der Waals surface area contributed by atoms with Crippen molar-refractivity contribution >= 4 is 17.9 Å². The van der Waals surface area contributed by atoms with Crippen LogP contribution in [0.25, 0.3) is 0 Å². The minimum atomic E-state index is -0.773. The Kier molecular flexibility index (Phi) is 41.9. The molecular weight excluding hydrogens is 673 g/mol. The van der Waals surface area contributed by atoms with Gasteiger partial charge in [0.15, 0.2) is 6.10 Å². The van der Waals surface area contributed by atoms with Gasteiger partial charge in [-0.25, -0.2) is 0 Å². The van der Waals surface area contributed by atoms with Crippen molar-refractivity contribution in [3.05, 3.63) is 24.3 Å². The fraction of sp³-hybridized carbons (Fsp3) is 0.854. The monoisotopic (exact) mass is 761 g/mol. The molecular formula is C48H88O6. The molecule has 0 amide bonds. The molecule has 0 radical (unpaired) electrons. The van der Waals surface area contributed by atoms with Gasteiger partial charge in [0.2, 0.25) is 0 Å². The second-order valence-electron chi connectivity index (χ2n) is 15.7. The second-order valence-corrected chi connectivity index (χ2v) is 15.7. The second kappa shape index (κ2) is 43.6. The van der Waals surface area contributed by atoms with Gasteiger partial charge in [-0.1, -0.05) is 186 Å². The predicted molar refractivity (Wildman–Crippen MR) is 229 cm³/mol. The van der Waals surface area contributed by atoms with E-state index in [1.54, 1.807) is 0 Å². The average molecular weight is 761 g/mol. The van der Waals surface area contributed by atoms with E-state index < -0.39 is 6.10 Å². The van der Waals surface area contributed by atoms with Crippen molar-refractivity contribution in [2.24, 2.45) is 0 Å². The van der Waals surface area contributed by atoms with Gasteiger partial charge in [-0.2, -0.15) is 0 Å². The van der Waals surface area contributed by atoms with E-state index >= 15 is 0 Å². The molecule has 0 aliphatic rings. The summed E-state index contributed by atoms with van der Waals surface area (Å²) in [5.74, 6) is -0.895. The zero-order valence-corrected chi connectivity index (χ0v) is 36.0. The summed E-state index contributed by atoms with van der Waals surface area (Å²) >= 11 is 0. The van der Waals surface area contributed by atoms with E-state index in [-0.39, 0.29) is 31.1 Å². The number of carbonyl (C=O) groups is 3. The standard InChI is InChI=1S/C48H88O6/c1-4-7-10-13-16-19-22-23-24-25-26-27-30-32-35-38-41-47(50)53-44-45(54-48(51)42-39-36-33-29-21-18-15-12-9-6-3)43-52-46(49)40-37-34-31-28-20-17-14-11-8-5-2/h15,18,24-25,45H,4-14,16-17,19-23,26-44H2,1-3H3/b18-15-,25-24-. The lowest BCUT2D eigenvalue weighted by Gasteiger charge is -2.18. The van der Waals surface area contributed by atoms with Crippen molar-refractivity contribution in [2.75, 3.05) is 13.2 Å². The molecule has 0 saturated carbocycles. The first-order chi connectivity index (χ1) is 26.5. The first kappa shape index (κ1) is 51.9.